The van der Waals surface area contributed by atoms with Gasteiger partial charge in [0.1, 0.15) is 5.60 Å². The standard InChI is InChI=1S/C20H30N4O4/c1-6-21-17(25)15-8-7-14(2)16(13-15)22-18(26)23-9-11-24(12-10-23)19(27)28-20(3,4)5/h7-8,13H,6,9-12H2,1-5H3,(H,21,25)(H,22,26). The average Bonchev–Trinajstić information content (AvgIpc) is 2.62. The number of carbonyl (C=O) groups excluding carboxylic acids is 3. The highest BCUT2D eigenvalue weighted by Crippen LogP contribution is 2.18. The molecule has 2 N–H and O–H groups in total. The van der Waals surface area contributed by atoms with Gasteiger partial charge in [-0.2, -0.15) is 0 Å². The molecule has 154 valence electrons. The van der Waals surface area contributed by atoms with Gasteiger partial charge in [0.2, 0.25) is 0 Å². The van der Waals surface area contributed by atoms with Gasteiger partial charge in [0.05, 0.1) is 0 Å². The van der Waals surface area contributed by atoms with Crippen molar-refractivity contribution in [3.63, 3.8) is 0 Å². The van der Waals surface area contributed by atoms with E-state index >= 15 is 0 Å². The lowest BCUT2D eigenvalue weighted by Gasteiger charge is -2.35. The predicted octanol–water partition coefficient (Wildman–Crippen LogP) is 2.83. The van der Waals surface area contributed by atoms with Crippen LogP contribution in [0.5, 0.6) is 0 Å². The minimum atomic E-state index is -0.543. The summed E-state index contributed by atoms with van der Waals surface area (Å²) >= 11 is 0. The van der Waals surface area contributed by atoms with Crippen molar-refractivity contribution in [3.8, 4) is 0 Å². The molecule has 1 aliphatic heterocycles. The quantitative estimate of drug-likeness (QED) is 0.830. The molecule has 28 heavy (non-hydrogen) atoms. The lowest BCUT2D eigenvalue weighted by Crippen LogP contribution is -2.52. The molecule has 0 unspecified atom stereocenters. The van der Waals surface area contributed by atoms with Gasteiger partial charge in [-0.25, -0.2) is 9.59 Å². The van der Waals surface area contributed by atoms with Crippen molar-refractivity contribution in [1.82, 2.24) is 15.1 Å². The van der Waals surface area contributed by atoms with Crippen LogP contribution in [0.25, 0.3) is 0 Å². The lowest BCUT2D eigenvalue weighted by molar-refractivity contribution is 0.0174. The molecule has 8 heteroatoms. The third-order valence-electron chi connectivity index (χ3n) is 4.30. The Bertz CT molecular complexity index is 734. The minimum Gasteiger partial charge on any atom is -0.444 e. The van der Waals surface area contributed by atoms with Crippen molar-refractivity contribution in [3.05, 3.63) is 29.3 Å². The van der Waals surface area contributed by atoms with E-state index in [0.29, 0.717) is 44.0 Å². The Morgan fingerprint density at radius 1 is 1.07 bits per heavy atom. The molecule has 0 atom stereocenters. The molecule has 2 rings (SSSR count). The third kappa shape index (κ3) is 5.87. The molecule has 1 aliphatic rings. The minimum absolute atomic E-state index is 0.177. The van der Waals surface area contributed by atoms with Crippen LogP contribution in [0.15, 0.2) is 18.2 Å². The summed E-state index contributed by atoms with van der Waals surface area (Å²) in [7, 11) is 0. The number of nitrogens with one attached hydrogen (secondary N) is 2. The van der Waals surface area contributed by atoms with E-state index in [0.717, 1.165) is 5.56 Å². The molecule has 8 nitrogen and oxygen atoms in total. The first-order chi connectivity index (χ1) is 13.1. The number of carbonyl (C=O) groups is 3. The van der Waals surface area contributed by atoms with E-state index in [1.165, 1.54) is 0 Å². The Kier molecular flexibility index (Phi) is 6.88. The van der Waals surface area contributed by atoms with Crippen LogP contribution in [0.4, 0.5) is 15.3 Å². The summed E-state index contributed by atoms with van der Waals surface area (Å²) in [6.07, 6.45) is -0.363. The Balaban J connectivity index is 1.95. The van der Waals surface area contributed by atoms with Crippen molar-refractivity contribution in [1.29, 1.82) is 0 Å². The van der Waals surface area contributed by atoms with Crippen LogP contribution >= 0.6 is 0 Å². The molecule has 1 aromatic carbocycles. The monoisotopic (exact) mass is 390 g/mol. The smallest absolute Gasteiger partial charge is 0.410 e. The summed E-state index contributed by atoms with van der Waals surface area (Å²) in [6, 6.07) is 4.96. The van der Waals surface area contributed by atoms with Gasteiger partial charge in [-0.15, -0.1) is 0 Å². The number of benzene rings is 1. The Morgan fingerprint density at radius 2 is 1.68 bits per heavy atom. The maximum absolute atomic E-state index is 12.6. The normalized spacial score (nSPS) is 14.5. The van der Waals surface area contributed by atoms with E-state index in [2.05, 4.69) is 10.6 Å². The molecular weight excluding hydrogens is 360 g/mol. The van der Waals surface area contributed by atoms with Crippen molar-refractivity contribution < 1.29 is 19.1 Å². The number of anilines is 1. The Hall–Kier alpha value is -2.77. The topological polar surface area (TPSA) is 91.0 Å². The van der Waals surface area contributed by atoms with Crippen LogP contribution in [0.3, 0.4) is 0 Å². The van der Waals surface area contributed by atoms with Gasteiger partial charge in [-0.05, 0) is 52.3 Å². The van der Waals surface area contributed by atoms with Gasteiger partial charge < -0.3 is 25.2 Å². The molecule has 1 aromatic rings. The lowest BCUT2D eigenvalue weighted by atomic mass is 10.1. The highest BCUT2D eigenvalue weighted by molar-refractivity contribution is 5.97. The second-order valence-corrected chi connectivity index (χ2v) is 7.77. The molecule has 0 radical (unpaired) electrons. The molecule has 1 fully saturated rings. The van der Waals surface area contributed by atoms with E-state index in [9.17, 15) is 14.4 Å². The number of ether oxygens (including phenoxy) is 1. The number of rotatable bonds is 3. The number of piperazine rings is 1. The molecule has 1 saturated heterocycles. The maximum atomic E-state index is 12.6. The molecule has 0 bridgehead atoms. The largest absolute Gasteiger partial charge is 0.444 e. The van der Waals surface area contributed by atoms with Gasteiger partial charge in [0.15, 0.2) is 0 Å². The van der Waals surface area contributed by atoms with Crippen LogP contribution < -0.4 is 10.6 Å². The fourth-order valence-electron chi connectivity index (χ4n) is 2.77. The molecule has 0 spiro atoms. The van der Waals surface area contributed by atoms with Crippen molar-refractivity contribution in [2.45, 2.75) is 40.2 Å². The summed E-state index contributed by atoms with van der Waals surface area (Å²) in [5, 5.41) is 5.62. The molecule has 0 aromatic heterocycles. The van der Waals surface area contributed by atoms with E-state index < -0.39 is 5.60 Å². The first-order valence-corrected chi connectivity index (χ1v) is 9.53. The summed E-state index contributed by atoms with van der Waals surface area (Å²) in [5.41, 5.74) is 1.42. The van der Waals surface area contributed by atoms with Gasteiger partial charge >= 0.3 is 12.1 Å². The first-order valence-electron chi connectivity index (χ1n) is 9.53. The number of hydrogen-bond donors (Lipinski definition) is 2. The van der Waals surface area contributed by atoms with Gasteiger partial charge in [-0.1, -0.05) is 6.07 Å². The molecule has 0 aliphatic carbocycles. The van der Waals surface area contributed by atoms with E-state index in [1.807, 2.05) is 34.6 Å². The predicted molar refractivity (Wildman–Crippen MR) is 108 cm³/mol. The van der Waals surface area contributed by atoms with Crippen molar-refractivity contribution >= 4 is 23.7 Å². The van der Waals surface area contributed by atoms with E-state index in [1.54, 1.807) is 28.0 Å². The Labute approximate surface area is 166 Å². The van der Waals surface area contributed by atoms with Crippen LogP contribution in [-0.4, -0.2) is 66.2 Å². The number of hydrogen-bond acceptors (Lipinski definition) is 4. The summed E-state index contributed by atoms with van der Waals surface area (Å²) in [4.78, 5) is 40.0. The van der Waals surface area contributed by atoms with Crippen LogP contribution in [0.2, 0.25) is 0 Å². The highest BCUT2D eigenvalue weighted by Gasteiger charge is 2.27. The van der Waals surface area contributed by atoms with Crippen molar-refractivity contribution in [2.75, 3.05) is 38.0 Å². The summed E-state index contributed by atoms with van der Waals surface area (Å²) in [5.74, 6) is -0.177. The highest BCUT2D eigenvalue weighted by atomic mass is 16.6. The fourth-order valence-corrected chi connectivity index (χ4v) is 2.77. The zero-order valence-electron chi connectivity index (χ0n) is 17.3. The summed E-state index contributed by atoms with van der Waals surface area (Å²) < 4.78 is 5.37. The summed E-state index contributed by atoms with van der Waals surface area (Å²) in [6.45, 7) is 11.4. The van der Waals surface area contributed by atoms with E-state index in [4.69, 9.17) is 4.74 Å². The number of nitrogens with zero attached hydrogens (tertiary/aromatic N) is 2. The molecule has 1 heterocycles. The van der Waals surface area contributed by atoms with Gasteiger partial charge in [0, 0.05) is 44.0 Å². The average molecular weight is 390 g/mol. The molecule has 4 amide bonds. The zero-order chi connectivity index (χ0) is 20.9. The number of aryl methyl sites for hydroxylation is 1. The van der Waals surface area contributed by atoms with Crippen LogP contribution in [0, 0.1) is 6.92 Å². The fraction of sp³-hybridized carbons (Fsp3) is 0.550. The van der Waals surface area contributed by atoms with Crippen molar-refractivity contribution in [2.24, 2.45) is 0 Å². The first kappa shape index (κ1) is 21.5. The molecular formula is C20H30N4O4. The maximum Gasteiger partial charge on any atom is 0.410 e. The van der Waals surface area contributed by atoms with Crippen LogP contribution in [-0.2, 0) is 4.74 Å². The number of amides is 4. The zero-order valence-corrected chi connectivity index (χ0v) is 17.3. The van der Waals surface area contributed by atoms with E-state index in [-0.39, 0.29) is 18.0 Å². The van der Waals surface area contributed by atoms with Gasteiger partial charge in [-0.3, -0.25) is 4.79 Å². The molecule has 0 saturated carbocycles. The van der Waals surface area contributed by atoms with Crippen LogP contribution in [0.1, 0.15) is 43.6 Å². The second-order valence-electron chi connectivity index (χ2n) is 7.77. The Morgan fingerprint density at radius 3 is 2.25 bits per heavy atom. The number of urea groups is 1. The SMILES string of the molecule is CCNC(=O)c1ccc(C)c(NC(=O)N2CCN(C(=O)OC(C)(C)C)CC2)c1. The second kappa shape index (κ2) is 8.95. The van der Waals surface area contributed by atoms with Gasteiger partial charge in [0.25, 0.3) is 5.91 Å². The third-order valence-corrected chi connectivity index (χ3v) is 4.30.